The average Bonchev–Trinajstić information content (AvgIpc) is 2.39. The Morgan fingerprint density at radius 2 is 2.11 bits per heavy atom. The predicted molar refractivity (Wildman–Crippen MR) is 71.2 cm³/mol. The Morgan fingerprint density at radius 3 is 2.72 bits per heavy atom. The molecule has 98 valence electrons. The minimum absolute atomic E-state index is 0.0507. The summed E-state index contributed by atoms with van der Waals surface area (Å²) in [6, 6.07) is 8.62. The SMILES string of the molecule is COC(=O)C1CCN(Cc2cccc(C)c2)CC1. The normalized spacial score (nSPS) is 17.7. The maximum Gasteiger partial charge on any atom is 0.308 e. The molecular formula is C15H21NO2. The number of nitrogens with zero attached hydrogens (tertiary/aromatic N) is 1. The van der Waals surface area contributed by atoms with E-state index in [4.69, 9.17) is 4.74 Å². The molecule has 1 fully saturated rings. The van der Waals surface area contributed by atoms with E-state index in [0.717, 1.165) is 32.5 Å². The zero-order chi connectivity index (χ0) is 13.0. The van der Waals surface area contributed by atoms with Crippen LogP contribution >= 0.6 is 0 Å². The van der Waals surface area contributed by atoms with Crippen LogP contribution in [-0.4, -0.2) is 31.1 Å². The summed E-state index contributed by atoms with van der Waals surface area (Å²) in [6.07, 6.45) is 1.83. The Hall–Kier alpha value is -1.35. The Kier molecular flexibility index (Phi) is 4.37. The molecule has 3 nitrogen and oxygen atoms in total. The van der Waals surface area contributed by atoms with Crippen molar-refractivity contribution < 1.29 is 9.53 Å². The molecule has 1 aromatic carbocycles. The van der Waals surface area contributed by atoms with Gasteiger partial charge in [-0.05, 0) is 38.4 Å². The zero-order valence-electron chi connectivity index (χ0n) is 11.2. The molecular weight excluding hydrogens is 226 g/mol. The molecule has 3 heteroatoms. The van der Waals surface area contributed by atoms with Crippen molar-refractivity contribution in [3.8, 4) is 0 Å². The third kappa shape index (κ3) is 3.33. The van der Waals surface area contributed by atoms with Crippen LogP contribution in [0, 0.1) is 12.8 Å². The van der Waals surface area contributed by atoms with Crippen LogP contribution in [0.25, 0.3) is 0 Å². The molecule has 0 spiro atoms. The molecule has 0 unspecified atom stereocenters. The minimum atomic E-state index is -0.0507. The monoisotopic (exact) mass is 247 g/mol. The summed E-state index contributed by atoms with van der Waals surface area (Å²) >= 11 is 0. The van der Waals surface area contributed by atoms with Crippen LogP contribution in [0.5, 0.6) is 0 Å². The first-order valence-electron chi connectivity index (χ1n) is 6.55. The van der Waals surface area contributed by atoms with Gasteiger partial charge in [0.1, 0.15) is 0 Å². The van der Waals surface area contributed by atoms with Crippen LogP contribution in [0.3, 0.4) is 0 Å². The topological polar surface area (TPSA) is 29.5 Å². The number of aryl methyl sites for hydroxylation is 1. The van der Waals surface area contributed by atoms with Gasteiger partial charge in [0.25, 0.3) is 0 Å². The first-order chi connectivity index (χ1) is 8.69. The highest BCUT2D eigenvalue weighted by molar-refractivity contribution is 5.72. The number of ether oxygens (including phenoxy) is 1. The van der Waals surface area contributed by atoms with Crippen molar-refractivity contribution in [1.29, 1.82) is 0 Å². The lowest BCUT2D eigenvalue weighted by molar-refractivity contribution is -0.147. The number of hydrogen-bond acceptors (Lipinski definition) is 3. The van der Waals surface area contributed by atoms with Crippen LogP contribution in [0.15, 0.2) is 24.3 Å². The molecule has 0 aromatic heterocycles. The van der Waals surface area contributed by atoms with Crippen molar-refractivity contribution in [1.82, 2.24) is 4.90 Å². The predicted octanol–water partition coefficient (Wildman–Crippen LogP) is 2.38. The third-order valence-electron chi connectivity index (χ3n) is 3.61. The first kappa shape index (κ1) is 13.1. The van der Waals surface area contributed by atoms with Gasteiger partial charge in [0.15, 0.2) is 0 Å². The zero-order valence-corrected chi connectivity index (χ0v) is 11.2. The van der Waals surface area contributed by atoms with Crippen molar-refractivity contribution in [3.63, 3.8) is 0 Å². The van der Waals surface area contributed by atoms with Gasteiger partial charge in [-0.15, -0.1) is 0 Å². The average molecular weight is 247 g/mol. The van der Waals surface area contributed by atoms with E-state index >= 15 is 0 Å². The summed E-state index contributed by atoms with van der Waals surface area (Å²) in [6.45, 7) is 5.06. The van der Waals surface area contributed by atoms with Crippen molar-refractivity contribution in [2.75, 3.05) is 20.2 Å². The highest BCUT2D eigenvalue weighted by atomic mass is 16.5. The number of carbonyl (C=O) groups excluding carboxylic acids is 1. The van der Waals surface area contributed by atoms with Crippen LogP contribution in [0.1, 0.15) is 24.0 Å². The molecule has 0 aliphatic carbocycles. The van der Waals surface area contributed by atoms with E-state index in [-0.39, 0.29) is 11.9 Å². The van der Waals surface area contributed by atoms with Gasteiger partial charge in [0.2, 0.25) is 0 Å². The molecule has 0 atom stereocenters. The number of benzene rings is 1. The Morgan fingerprint density at radius 1 is 1.39 bits per heavy atom. The number of rotatable bonds is 3. The lowest BCUT2D eigenvalue weighted by atomic mass is 9.96. The number of piperidine rings is 1. The molecule has 0 bridgehead atoms. The van der Waals surface area contributed by atoms with Crippen molar-refractivity contribution >= 4 is 5.97 Å². The van der Waals surface area contributed by atoms with Crippen LogP contribution in [0.4, 0.5) is 0 Å². The summed E-state index contributed by atoms with van der Waals surface area (Å²) in [7, 11) is 1.47. The van der Waals surface area contributed by atoms with E-state index in [1.807, 2.05) is 0 Å². The molecule has 0 N–H and O–H groups in total. The molecule has 0 amide bonds. The summed E-state index contributed by atoms with van der Waals surface area (Å²) < 4.78 is 4.80. The molecule has 1 saturated heterocycles. The molecule has 1 heterocycles. The fraction of sp³-hybridized carbons (Fsp3) is 0.533. The summed E-state index contributed by atoms with van der Waals surface area (Å²) in [4.78, 5) is 13.8. The lowest BCUT2D eigenvalue weighted by Gasteiger charge is -2.30. The summed E-state index contributed by atoms with van der Waals surface area (Å²) in [5.41, 5.74) is 2.66. The van der Waals surface area contributed by atoms with Crippen LogP contribution in [0.2, 0.25) is 0 Å². The Bertz CT molecular complexity index is 409. The Balaban J connectivity index is 1.85. The number of likely N-dealkylation sites (tertiary alicyclic amines) is 1. The van der Waals surface area contributed by atoms with Gasteiger partial charge in [0.05, 0.1) is 13.0 Å². The van der Waals surface area contributed by atoms with E-state index in [2.05, 4.69) is 36.1 Å². The quantitative estimate of drug-likeness (QED) is 0.768. The van der Waals surface area contributed by atoms with Gasteiger partial charge >= 0.3 is 5.97 Å². The second kappa shape index (κ2) is 6.01. The number of carbonyl (C=O) groups is 1. The van der Waals surface area contributed by atoms with Gasteiger partial charge in [-0.1, -0.05) is 29.8 Å². The maximum atomic E-state index is 11.4. The third-order valence-corrected chi connectivity index (χ3v) is 3.61. The second-order valence-corrected chi connectivity index (χ2v) is 5.06. The van der Waals surface area contributed by atoms with E-state index in [1.165, 1.54) is 18.2 Å². The minimum Gasteiger partial charge on any atom is -0.469 e. The number of esters is 1. The van der Waals surface area contributed by atoms with E-state index in [1.54, 1.807) is 0 Å². The largest absolute Gasteiger partial charge is 0.469 e. The number of methoxy groups -OCH3 is 1. The molecule has 2 rings (SSSR count). The summed E-state index contributed by atoms with van der Waals surface area (Å²) in [5.74, 6) is 0.0500. The summed E-state index contributed by atoms with van der Waals surface area (Å²) in [5, 5.41) is 0. The van der Waals surface area contributed by atoms with Crippen LogP contribution in [-0.2, 0) is 16.1 Å². The fourth-order valence-electron chi connectivity index (χ4n) is 2.56. The van der Waals surface area contributed by atoms with E-state index < -0.39 is 0 Å². The molecule has 0 radical (unpaired) electrons. The van der Waals surface area contributed by atoms with Gasteiger partial charge in [-0.25, -0.2) is 0 Å². The standard InChI is InChI=1S/C15H21NO2/c1-12-4-3-5-13(10-12)11-16-8-6-14(7-9-16)15(17)18-2/h3-5,10,14H,6-9,11H2,1-2H3. The van der Waals surface area contributed by atoms with E-state index in [9.17, 15) is 4.79 Å². The highest BCUT2D eigenvalue weighted by Crippen LogP contribution is 2.20. The highest BCUT2D eigenvalue weighted by Gasteiger charge is 2.25. The molecule has 18 heavy (non-hydrogen) atoms. The molecule has 1 aliphatic heterocycles. The molecule has 1 aromatic rings. The van der Waals surface area contributed by atoms with Gasteiger partial charge in [0, 0.05) is 6.54 Å². The molecule has 0 saturated carbocycles. The van der Waals surface area contributed by atoms with Gasteiger partial charge < -0.3 is 4.74 Å². The van der Waals surface area contributed by atoms with Gasteiger partial charge in [-0.3, -0.25) is 9.69 Å². The Labute approximate surface area is 109 Å². The fourth-order valence-corrected chi connectivity index (χ4v) is 2.56. The van der Waals surface area contributed by atoms with E-state index in [0.29, 0.717) is 0 Å². The van der Waals surface area contributed by atoms with Crippen molar-refractivity contribution in [2.45, 2.75) is 26.3 Å². The van der Waals surface area contributed by atoms with Crippen molar-refractivity contribution in [3.05, 3.63) is 35.4 Å². The van der Waals surface area contributed by atoms with Crippen molar-refractivity contribution in [2.24, 2.45) is 5.92 Å². The molecule has 1 aliphatic rings. The lowest BCUT2D eigenvalue weighted by Crippen LogP contribution is -2.36. The number of hydrogen-bond donors (Lipinski definition) is 0. The smallest absolute Gasteiger partial charge is 0.308 e. The maximum absolute atomic E-state index is 11.4. The second-order valence-electron chi connectivity index (χ2n) is 5.06. The van der Waals surface area contributed by atoms with Crippen LogP contribution < -0.4 is 0 Å². The van der Waals surface area contributed by atoms with Gasteiger partial charge in [-0.2, -0.15) is 0 Å². The first-order valence-corrected chi connectivity index (χ1v) is 6.55.